The van der Waals surface area contributed by atoms with Crippen LogP contribution in [-0.2, 0) is 16.1 Å². The topological polar surface area (TPSA) is 70.7 Å². The predicted octanol–water partition coefficient (Wildman–Crippen LogP) is 2.13. The van der Waals surface area contributed by atoms with E-state index in [2.05, 4.69) is 27.7 Å². The lowest BCUT2D eigenvalue weighted by Gasteiger charge is -2.33. The second-order valence-electron chi connectivity index (χ2n) is 7.34. The maximum atomic E-state index is 12.2. The van der Waals surface area contributed by atoms with E-state index in [0.717, 1.165) is 25.2 Å². The van der Waals surface area contributed by atoms with Gasteiger partial charge in [0.2, 0.25) is 5.91 Å². The summed E-state index contributed by atoms with van der Waals surface area (Å²) >= 11 is 0. The monoisotopic (exact) mass is 395 g/mol. The summed E-state index contributed by atoms with van der Waals surface area (Å²) in [6.07, 6.45) is 0.232. The Morgan fingerprint density at radius 1 is 1.07 bits per heavy atom. The van der Waals surface area contributed by atoms with Crippen molar-refractivity contribution in [2.75, 3.05) is 32.8 Å². The van der Waals surface area contributed by atoms with Crippen LogP contribution in [0, 0.1) is 6.92 Å². The third-order valence-electron chi connectivity index (χ3n) is 5.03. The predicted molar refractivity (Wildman–Crippen MR) is 113 cm³/mol. The summed E-state index contributed by atoms with van der Waals surface area (Å²) in [7, 11) is 0. The van der Waals surface area contributed by atoms with Crippen LogP contribution in [0.5, 0.6) is 0 Å². The van der Waals surface area contributed by atoms with Crippen LogP contribution in [0.1, 0.15) is 27.9 Å². The van der Waals surface area contributed by atoms with Gasteiger partial charge >= 0.3 is 0 Å². The van der Waals surface area contributed by atoms with Gasteiger partial charge in [0, 0.05) is 44.7 Å². The first kappa shape index (κ1) is 21.0. The average Bonchev–Trinajstić information content (AvgIpc) is 2.73. The van der Waals surface area contributed by atoms with E-state index in [1.54, 1.807) is 6.07 Å². The van der Waals surface area contributed by atoms with Crippen LogP contribution >= 0.6 is 0 Å². The molecule has 0 radical (unpaired) electrons. The Hall–Kier alpha value is -2.70. The van der Waals surface area contributed by atoms with Gasteiger partial charge in [-0.15, -0.1) is 0 Å². The van der Waals surface area contributed by atoms with Crippen molar-refractivity contribution in [1.29, 1.82) is 0 Å². The molecule has 29 heavy (non-hydrogen) atoms. The quantitative estimate of drug-likeness (QED) is 0.718. The largest absolute Gasteiger partial charge is 0.374 e. The summed E-state index contributed by atoms with van der Waals surface area (Å²) in [6.45, 7) is 5.93. The highest BCUT2D eigenvalue weighted by Crippen LogP contribution is 2.10. The Bertz CT molecular complexity index is 810. The zero-order valence-electron chi connectivity index (χ0n) is 16.9. The molecule has 1 aliphatic rings. The van der Waals surface area contributed by atoms with Crippen LogP contribution in [0.15, 0.2) is 54.6 Å². The van der Waals surface area contributed by atoms with Crippen molar-refractivity contribution in [3.63, 3.8) is 0 Å². The highest BCUT2D eigenvalue weighted by Gasteiger charge is 2.21. The molecular weight excluding hydrogens is 366 g/mol. The van der Waals surface area contributed by atoms with Crippen LogP contribution in [0.2, 0.25) is 0 Å². The van der Waals surface area contributed by atoms with Crippen molar-refractivity contribution in [3.8, 4) is 0 Å². The minimum Gasteiger partial charge on any atom is -0.374 e. The number of hydrogen-bond donors (Lipinski definition) is 2. The highest BCUT2D eigenvalue weighted by atomic mass is 16.5. The molecule has 154 valence electrons. The molecule has 0 spiro atoms. The fourth-order valence-electron chi connectivity index (χ4n) is 3.42. The highest BCUT2D eigenvalue weighted by molar-refractivity contribution is 5.95. The van der Waals surface area contributed by atoms with Crippen LogP contribution in [-0.4, -0.2) is 55.6 Å². The lowest BCUT2D eigenvalue weighted by molar-refractivity contribution is -0.122. The van der Waals surface area contributed by atoms with Gasteiger partial charge < -0.3 is 15.4 Å². The fraction of sp³-hybridized carbons (Fsp3) is 0.391. The molecule has 1 fully saturated rings. The molecule has 0 saturated carbocycles. The molecular formula is C23H29N3O3. The second-order valence-corrected chi connectivity index (χ2v) is 7.34. The fourth-order valence-corrected chi connectivity index (χ4v) is 3.42. The zero-order chi connectivity index (χ0) is 20.5. The van der Waals surface area contributed by atoms with Crippen molar-refractivity contribution < 1.29 is 14.3 Å². The first-order chi connectivity index (χ1) is 14.1. The van der Waals surface area contributed by atoms with Gasteiger partial charge in [0.25, 0.3) is 5.91 Å². The van der Waals surface area contributed by atoms with E-state index in [9.17, 15) is 9.59 Å². The maximum absolute atomic E-state index is 12.2. The van der Waals surface area contributed by atoms with E-state index in [1.165, 1.54) is 5.56 Å². The van der Waals surface area contributed by atoms with Gasteiger partial charge in [-0.25, -0.2) is 0 Å². The van der Waals surface area contributed by atoms with Crippen LogP contribution in [0.4, 0.5) is 0 Å². The zero-order valence-corrected chi connectivity index (χ0v) is 16.9. The number of nitrogens with one attached hydrogen (secondary N) is 2. The van der Waals surface area contributed by atoms with E-state index in [1.807, 2.05) is 43.3 Å². The molecule has 1 saturated heterocycles. The van der Waals surface area contributed by atoms with Gasteiger partial charge in [0.1, 0.15) is 0 Å². The summed E-state index contributed by atoms with van der Waals surface area (Å²) in [4.78, 5) is 26.6. The summed E-state index contributed by atoms with van der Waals surface area (Å²) in [6, 6.07) is 17.8. The SMILES string of the molecule is Cc1ccccc1C(=O)NCCC(=O)NCC1CN(Cc2ccccc2)CCO1. The molecule has 6 heteroatoms. The molecule has 1 atom stereocenters. The summed E-state index contributed by atoms with van der Waals surface area (Å²) in [5.41, 5.74) is 2.84. The van der Waals surface area contributed by atoms with Gasteiger partial charge in [0.05, 0.1) is 12.7 Å². The van der Waals surface area contributed by atoms with Gasteiger partial charge in [-0.2, -0.15) is 0 Å². The number of rotatable bonds is 8. The Morgan fingerprint density at radius 2 is 1.83 bits per heavy atom. The van der Waals surface area contributed by atoms with E-state index in [0.29, 0.717) is 25.3 Å². The molecule has 1 heterocycles. The number of aryl methyl sites for hydroxylation is 1. The van der Waals surface area contributed by atoms with Crippen molar-refractivity contribution >= 4 is 11.8 Å². The van der Waals surface area contributed by atoms with Gasteiger partial charge in [-0.3, -0.25) is 14.5 Å². The number of carbonyl (C=O) groups excluding carboxylic acids is 2. The van der Waals surface area contributed by atoms with E-state index in [-0.39, 0.29) is 24.3 Å². The molecule has 0 bridgehead atoms. The van der Waals surface area contributed by atoms with E-state index >= 15 is 0 Å². The number of hydrogen-bond acceptors (Lipinski definition) is 4. The first-order valence-electron chi connectivity index (χ1n) is 10.1. The lowest BCUT2D eigenvalue weighted by Crippen LogP contribution is -2.47. The van der Waals surface area contributed by atoms with E-state index < -0.39 is 0 Å². The minimum absolute atomic E-state index is 0.0158. The van der Waals surface area contributed by atoms with Crippen LogP contribution in [0.25, 0.3) is 0 Å². The van der Waals surface area contributed by atoms with Crippen LogP contribution in [0.3, 0.4) is 0 Å². The second kappa shape index (κ2) is 10.7. The number of ether oxygens (including phenoxy) is 1. The number of morpholine rings is 1. The molecule has 3 rings (SSSR count). The summed E-state index contributed by atoms with van der Waals surface area (Å²) in [5.74, 6) is -0.234. The first-order valence-corrected chi connectivity index (χ1v) is 10.1. The summed E-state index contributed by atoms with van der Waals surface area (Å²) in [5, 5.41) is 5.72. The van der Waals surface area contributed by atoms with Crippen molar-refractivity contribution in [1.82, 2.24) is 15.5 Å². The molecule has 2 N–H and O–H groups in total. The number of carbonyl (C=O) groups is 2. The molecule has 2 aromatic rings. The smallest absolute Gasteiger partial charge is 0.251 e. The molecule has 2 amide bonds. The Morgan fingerprint density at radius 3 is 2.62 bits per heavy atom. The molecule has 0 aliphatic carbocycles. The number of nitrogens with zero attached hydrogens (tertiary/aromatic N) is 1. The lowest BCUT2D eigenvalue weighted by atomic mass is 10.1. The third kappa shape index (κ3) is 6.69. The minimum atomic E-state index is -0.150. The van der Waals surface area contributed by atoms with Gasteiger partial charge in [-0.1, -0.05) is 48.5 Å². The Labute approximate surface area is 172 Å². The molecule has 1 aliphatic heterocycles. The van der Waals surface area contributed by atoms with Gasteiger partial charge in [0.15, 0.2) is 0 Å². The number of amides is 2. The maximum Gasteiger partial charge on any atom is 0.251 e. The molecule has 0 aromatic heterocycles. The molecule has 1 unspecified atom stereocenters. The molecule has 6 nitrogen and oxygen atoms in total. The third-order valence-corrected chi connectivity index (χ3v) is 5.03. The Balaban J connectivity index is 1.34. The van der Waals surface area contributed by atoms with Crippen molar-refractivity contribution in [2.24, 2.45) is 0 Å². The normalized spacial score (nSPS) is 16.9. The summed E-state index contributed by atoms with van der Waals surface area (Å²) < 4.78 is 5.78. The van der Waals surface area contributed by atoms with Gasteiger partial charge in [-0.05, 0) is 24.1 Å². The average molecular weight is 396 g/mol. The van der Waals surface area contributed by atoms with Crippen LogP contribution < -0.4 is 10.6 Å². The molecule has 2 aromatic carbocycles. The van der Waals surface area contributed by atoms with Crippen molar-refractivity contribution in [3.05, 3.63) is 71.3 Å². The van der Waals surface area contributed by atoms with E-state index in [4.69, 9.17) is 4.74 Å². The van der Waals surface area contributed by atoms with Crippen molar-refractivity contribution in [2.45, 2.75) is 26.0 Å². The number of benzene rings is 2. The standard InChI is InChI=1S/C23H29N3O3/c1-18-7-5-6-10-21(18)23(28)24-12-11-22(27)25-15-20-17-26(13-14-29-20)16-19-8-3-2-4-9-19/h2-10,20H,11-17H2,1H3,(H,24,28)(H,25,27). The Kier molecular flexibility index (Phi) is 7.78.